The van der Waals surface area contributed by atoms with Crippen LogP contribution in [0, 0.1) is 0 Å². The molecule has 0 saturated carbocycles. The molecule has 2 rings (SSSR count). The number of carbonyl (C=O) groups excluding carboxylic acids is 1. The summed E-state index contributed by atoms with van der Waals surface area (Å²) in [6.07, 6.45) is 0. The van der Waals surface area contributed by atoms with Crippen LogP contribution in [-0.2, 0) is 17.9 Å². The summed E-state index contributed by atoms with van der Waals surface area (Å²) in [6, 6.07) is 15.4. The summed E-state index contributed by atoms with van der Waals surface area (Å²) in [6.45, 7) is 7.66. The van der Waals surface area contributed by atoms with Gasteiger partial charge in [-0.1, -0.05) is 54.0 Å². The number of ether oxygens (including phenoxy) is 1. The summed E-state index contributed by atoms with van der Waals surface area (Å²) in [5, 5.41) is 0. The van der Waals surface area contributed by atoms with Gasteiger partial charge >= 0.3 is 5.97 Å². The number of hydrogen-bond donors (Lipinski definition) is 0. The maximum absolute atomic E-state index is 12.0. The van der Waals surface area contributed by atoms with Crippen LogP contribution in [0.25, 0.3) is 0 Å². The van der Waals surface area contributed by atoms with Crippen LogP contribution in [0.1, 0.15) is 35.3 Å². The molecule has 0 spiro atoms. The van der Waals surface area contributed by atoms with Crippen LogP contribution < -0.4 is 0 Å². The van der Waals surface area contributed by atoms with Crippen LogP contribution >= 0.6 is 15.9 Å². The Morgan fingerprint density at radius 1 is 0.957 bits per heavy atom. The first-order valence-electron chi connectivity index (χ1n) is 7.85. The Labute approximate surface area is 146 Å². The first-order chi connectivity index (χ1) is 11.1. The standard InChI is InChI=1S/C19H22BrNO2/c1-3-21(4-2)13-15-5-7-16(8-6-15)14-23-19(22)17-9-11-18(20)12-10-17/h5-12H,3-4,13-14H2,1-2H3. The molecule has 122 valence electrons. The van der Waals surface area contributed by atoms with Gasteiger partial charge in [0.05, 0.1) is 5.56 Å². The van der Waals surface area contributed by atoms with E-state index in [2.05, 4.69) is 46.8 Å². The topological polar surface area (TPSA) is 29.5 Å². The average molecular weight is 376 g/mol. The predicted molar refractivity (Wildman–Crippen MR) is 96.3 cm³/mol. The minimum Gasteiger partial charge on any atom is -0.457 e. The van der Waals surface area contributed by atoms with E-state index in [1.807, 2.05) is 24.3 Å². The summed E-state index contributed by atoms with van der Waals surface area (Å²) in [5.41, 5.74) is 2.83. The average Bonchev–Trinajstić information content (AvgIpc) is 2.59. The molecule has 0 saturated heterocycles. The number of halogens is 1. The predicted octanol–water partition coefficient (Wildman–Crippen LogP) is 4.65. The molecule has 0 atom stereocenters. The normalized spacial score (nSPS) is 10.8. The van der Waals surface area contributed by atoms with Gasteiger partial charge < -0.3 is 4.74 Å². The number of esters is 1. The zero-order chi connectivity index (χ0) is 16.7. The first-order valence-corrected chi connectivity index (χ1v) is 8.64. The van der Waals surface area contributed by atoms with Gasteiger partial charge in [0.2, 0.25) is 0 Å². The van der Waals surface area contributed by atoms with Crippen molar-refractivity contribution in [2.45, 2.75) is 27.0 Å². The Morgan fingerprint density at radius 2 is 1.52 bits per heavy atom. The highest BCUT2D eigenvalue weighted by molar-refractivity contribution is 9.10. The molecule has 0 bridgehead atoms. The highest BCUT2D eigenvalue weighted by atomic mass is 79.9. The quantitative estimate of drug-likeness (QED) is 0.659. The molecule has 0 amide bonds. The van der Waals surface area contributed by atoms with Crippen molar-refractivity contribution in [1.29, 1.82) is 0 Å². The Bertz CT molecular complexity index is 619. The lowest BCUT2D eigenvalue weighted by molar-refractivity contribution is 0.0472. The Morgan fingerprint density at radius 3 is 2.09 bits per heavy atom. The summed E-state index contributed by atoms with van der Waals surface area (Å²) in [5.74, 6) is -0.301. The van der Waals surface area contributed by atoms with Gasteiger partial charge in [0.25, 0.3) is 0 Å². The fraction of sp³-hybridized carbons (Fsp3) is 0.316. The molecule has 0 aliphatic rings. The SMILES string of the molecule is CCN(CC)Cc1ccc(COC(=O)c2ccc(Br)cc2)cc1. The molecule has 2 aromatic carbocycles. The Hall–Kier alpha value is -1.65. The summed E-state index contributed by atoms with van der Waals surface area (Å²) >= 11 is 3.35. The van der Waals surface area contributed by atoms with Gasteiger partial charge in [-0.25, -0.2) is 4.79 Å². The molecule has 0 N–H and O–H groups in total. The van der Waals surface area contributed by atoms with Crippen molar-refractivity contribution in [2.75, 3.05) is 13.1 Å². The van der Waals surface area contributed by atoms with Crippen LogP contribution in [0.5, 0.6) is 0 Å². The van der Waals surface area contributed by atoms with Gasteiger partial charge in [-0.05, 0) is 48.5 Å². The lowest BCUT2D eigenvalue weighted by atomic mass is 10.1. The molecule has 0 radical (unpaired) electrons. The molecule has 0 unspecified atom stereocenters. The van der Waals surface area contributed by atoms with E-state index in [1.54, 1.807) is 12.1 Å². The Balaban J connectivity index is 1.88. The Kier molecular flexibility index (Phi) is 6.81. The molecule has 2 aromatic rings. The van der Waals surface area contributed by atoms with Gasteiger partial charge in [-0.3, -0.25) is 4.90 Å². The van der Waals surface area contributed by atoms with Crippen LogP contribution in [0.3, 0.4) is 0 Å². The van der Waals surface area contributed by atoms with E-state index >= 15 is 0 Å². The largest absolute Gasteiger partial charge is 0.457 e. The molecular formula is C19H22BrNO2. The van der Waals surface area contributed by atoms with Crippen molar-refractivity contribution >= 4 is 21.9 Å². The van der Waals surface area contributed by atoms with Crippen LogP contribution in [-0.4, -0.2) is 24.0 Å². The van der Waals surface area contributed by atoms with Crippen molar-refractivity contribution in [3.8, 4) is 0 Å². The molecule has 3 nitrogen and oxygen atoms in total. The van der Waals surface area contributed by atoms with E-state index in [9.17, 15) is 4.79 Å². The lowest BCUT2D eigenvalue weighted by Gasteiger charge is -2.18. The number of carbonyl (C=O) groups is 1. The van der Waals surface area contributed by atoms with Crippen molar-refractivity contribution in [2.24, 2.45) is 0 Å². The van der Waals surface area contributed by atoms with Gasteiger partial charge in [0.15, 0.2) is 0 Å². The highest BCUT2D eigenvalue weighted by Crippen LogP contribution is 2.13. The number of benzene rings is 2. The van der Waals surface area contributed by atoms with Crippen LogP contribution in [0.2, 0.25) is 0 Å². The van der Waals surface area contributed by atoms with Gasteiger partial charge in [0.1, 0.15) is 6.61 Å². The molecule has 0 fully saturated rings. The van der Waals surface area contributed by atoms with Crippen LogP contribution in [0.15, 0.2) is 53.0 Å². The fourth-order valence-corrected chi connectivity index (χ4v) is 2.53. The van der Waals surface area contributed by atoms with Crippen LogP contribution in [0.4, 0.5) is 0 Å². The summed E-state index contributed by atoms with van der Waals surface area (Å²) < 4.78 is 6.30. The zero-order valence-electron chi connectivity index (χ0n) is 13.6. The number of rotatable bonds is 7. The van der Waals surface area contributed by atoms with Gasteiger partial charge in [-0.15, -0.1) is 0 Å². The van der Waals surface area contributed by atoms with Gasteiger partial charge in [-0.2, -0.15) is 0 Å². The summed E-state index contributed by atoms with van der Waals surface area (Å²) in [7, 11) is 0. The second-order valence-corrected chi connectivity index (χ2v) is 6.28. The van der Waals surface area contributed by atoms with Crippen molar-refractivity contribution in [3.05, 3.63) is 69.7 Å². The number of hydrogen-bond acceptors (Lipinski definition) is 3. The first kappa shape index (κ1) is 17.7. The van der Waals surface area contributed by atoms with E-state index in [4.69, 9.17) is 4.74 Å². The third-order valence-electron chi connectivity index (χ3n) is 3.77. The molecule has 0 aromatic heterocycles. The molecule has 23 heavy (non-hydrogen) atoms. The molecule has 0 heterocycles. The van der Waals surface area contributed by atoms with E-state index < -0.39 is 0 Å². The van der Waals surface area contributed by atoms with Crippen molar-refractivity contribution in [1.82, 2.24) is 4.90 Å². The molecule has 0 aliphatic heterocycles. The van der Waals surface area contributed by atoms with E-state index in [0.717, 1.165) is 29.7 Å². The van der Waals surface area contributed by atoms with Gasteiger partial charge in [0, 0.05) is 11.0 Å². The second kappa shape index (κ2) is 8.85. The summed E-state index contributed by atoms with van der Waals surface area (Å²) in [4.78, 5) is 14.3. The number of nitrogens with zero attached hydrogens (tertiary/aromatic N) is 1. The smallest absolute Gasteiger partial charge is 0.338 e. The van der Waals surface area contributed by atoms with E-state index in [-0.39, 0.29) is 5.97 Å². The maximum atomic E-state index is 12.0. The monoisotopic (exact) mass is 375 g/mol. The van der Waals surface area contributed by atoms with E-state index in [0.29, 0.717) is 12.2 Å². The fourth-order valence-electron chi connectivity index (χ4n) is 2.26. The third kappa shape index (κ3) is 5.48. The molecule has 4 heteroatoms. The maximum Gasteiger partial charge on any atom is 0.338 e. The van der Waals surface area contributed by atoms with Crippen molar-refractivity contribution < 1.29 is 9.53 Å². The van der Waals surface area contributed by atoms with Crippen molar-refractivity contribution in [3.63, 3.8) is 0 Å². The van der Waals surface area contributed by atoms with E-state index in [1.165, 1.54) is 5.56 Å². The highest BCUT2D eigenvalue weighted by Gasteiger charge is 2.07. The minimum atomic E-state index is -0.301. The molecule has 0 aliphatic carbocycles. The zero-order valence-corrected chi connectivity index (χ0v) is 15.2. The lowest BCUT2D eigenvalue weighted by Crippen LogP contribution is -2.22. The molecular weight excluding hydrogens is 354 g/mol. The second-order valence-electron chi connectivity index (χ2n) is 5.36. The third-order valence-corrected chi connectivity index (χ3v) is 4.30. The minimum absolute atomic E-state index is 0.292.